The number of alkyl halides is 1. The Morgan fingerprint density at radius 2 is 2.12 bits per heavy atom. The average Bonchev–Trinajstić information content (AvgIpc) is 2.32. The van der Waals surface area contributed by atoms with Crippen LogP contribution in [-0.4, -0.2) is 11.9 Å². The van der Waals surface area contributed by atoms with Gasteiger partial charge in [0.1, 0.15) is 11.6 Å². The molecule has 1 unspecified atom stereocenters. The third kappa shape index (κ3) is 4.19. The van der Waals surface area contributed by atoms with E-state index in [0.29, 0.717) is 5.88 Å². The number of halogens is 4. The van der Waals surface area contributed by atoms with Gasteiger partial charge in [-0.25, -0.2) is 8.78 Å². The lowest BCUT2D eigenvalue weighted by atomic mass is 10.1. The summed E-state index contributed by atoms with van der Waals surface area (Å²) >= 11 is 8.69. The highest BCUT2D eigenvalue weighted by molar-refractivity contribution is 9.10. The smallest absolute Gasteiger partial charge is 0.144 e. The molecule has 1 aromatic carbocycles. The molecule has 0 radical (unpaired) electrons. The minimum atomic E-state index is -0.543. The Labute approximate surface area is 114 Å². The molecule has 0 fully saturated rings. The molecule has 1 N–H and O–H groups in total. The van der Waals surface area contributed by atoms with E-state index >= 15 is 0 Å². The summed E-state index contributed by atoms with van der Waals surface area (Å²) < 4.78 is 27.4. The van der Waals surface area contributed by atoms with Crippen molar-refractivity contribution < 1.29 is 8.78 Å². The zero-order valence-corrected chi connectivity index (χ0v) is 11.9. The molecule has 17 heavy (non-hydrogen) atoms. The van der Waals surface area contributed by atoms with Crippen LogP contribution in [0.4, 0.5) is 8.78 Å². The van der Waals surface area contributed by atoms with Crippen LogP contribution in [0.2, 0.25) is 0 Å². The predicted molar refractivity (Wildman–Crippen MR) is 70.3 cm³/mol. The Balaban J connectivity index is 2.71. The highest BCUT2D eigenvalue weighted by atomic mass is 79.9. The lowest BCUT2D eigenvalue weighted by molar-refractivity contribution is 0.461. The molecule has 0 aliphatic heterocycles. The third-order valence-electron chi connectivity index (χ3n) is 2.66. The first-order valence-electron chi connectivity index (χ1n) is 5.51. The SMILES string of the molecule is CCC(CCCl)NCc1c(F)ccc(Br)c1F. The van der Waals surface area contributed by atoms with Crippen molar-refractivity contribution in [3.63, 3.8) is 0 Å². The fraction of sp³-hybridized carbons (Fsp3) is 0.500. The summed E-state index contributed by atoms with van der Waals surface area (Å²) in [6.07, 6.45) is 1.67. The average molecular weight is 327 g/mol. The molecule has 0 aliphatic rings. The van der Waals surface area contributed by atoms with Crippen LogP contribution in [0.3, 0.4) is 0 Å². The van der Waals surface area contributed by atoms with Crippen LogP contribution < -0.4 is 5.32 Å². The van der Waals surface area contributed by atoms with E-state index in [4.69, 9.17) is 11.6 Å². The maximum atomic E-state index is 13.6. The maximum absolute atomic E-state index is 13.6. The van der Waals surface area contributed by atoms with Crippen LogP contribution in [-0.2, 0) is 6.54 Å². The monoisotopic (exact) mass is 325 g/mol. The van der Waals surface area contributed by atoms with Gasteiger partial charge in [-0.05, 0) is 40.9 Å². The van der Waals surface area contributed by atoms with E-state index in [0.717, 1.165) is 12.8 Å². The lowest BCUT2D eigenvalue weighted by Gasteiger charge is -2.16. The van der Waals surface area contributed by atoms with Crippen molar-refractivity contribution >= 4 is 27.5 Å². The number of nitrogens with one attached hydrogen (secondary N) is 1. The normalized spacial score (nSPS) is 12.8. The van der Waals surface area contributed by atoms with Crippen LogP contribution >= 0.6 is 27.5 Å². The molecule has 5 heteroatoms. The molecule has 0 bridgehead atoms. The standard InChI is InChI=1S/C12H15BrClF2N/c1-2-8(5-6-14)17-7-9-11(15)4-3-10(13)12(9)16/h3-4,8,17H,2,5-7H2,1H3. The first-order valence-corrected chi connectivity index (χ1v) is 6.84. The number of hydrogen-bond acceptors (Lipinski definition) is 1. The summed E-state index contributed by atoms with van der Waals surface area (Å²) in [6.45, 7) is 2.18. The summed E-state index contributed by atoms with van der Waals surface area (Å²) in [6, 6.07) is 2.81. The molecule has 1 rings (SSSR count). The second kappa shape index (κ2) is 7.29. The van der Waals surface area contributed by atoms with Gasteiger partial charge in [-0.2, -0.15) is 0 Å². The van der Waals surface area contributed by atoms with E-state index in [2.05, 4.69) is 21.2 Å². The van der Waals surface area contributed by atoms with Crippen LogP contribution in [0, 0.1) is 11.6 Å². The van der Waals surface area contributed by atoms with E-state index in [1.165, 1.54) is 12.1 Å². The Hall–Kier alpha value is -0.190. The molecule has 0 spiro atoms. The molecule has 0 amide bonds. The van der Waals surface area contributed by atoms with Crippen LogP contribution in [0.25, 0.3) is 0 Å². The number of benzene rings is 1. The second-order valence-corrected chi connectivity index (χ2v) is 5.02. The molecule has 0 saturated heterocycles. The predicted octanol–water partition coefficient (Wildman–Crippen LogP) is 4.22. The molecule has 0 aliphatic carbocycles. The Kier molecular flexibility index (Phi) is 6.38. The molecule has 1 atom stereocenters. The number of hydrogen-bond donors (Lipinski definition) is 1. The molecular weight excluding hydrogens is 311 g/mol. The van der Waals surface area contributed by atoms with Crippen LogP contribution in [0.1, 0.15) is 25.3 Å². The molecular formula is C12H15BrClF2N. The first-order chi connectivity index (χ1) is 8.10. The topological polar surface area (TPSA) is 12.0 Å². The molecule has 1 nitrogen and oxygen atoms in total. The largest absolute Gasteiger partial charge is 0.310 e. The third-order valence-corrected chi connectivity index (χ3v) is 3.49. The van der Waals surface area contributed by atoms with E-state index in [-0.39, 0.29) is 22.6 Å². The van der Waals surface area contributed by atoms with Gasteiger partial charge in [0.2, 0.25) is 0 Å². The Morgan fingerprint density at radius 3 is 2.71 bits per heavy atom. The van der Waals surface area contributed by atoms with Crippen molar-refractivity contribution in [2.45, 2.75) is 32.4 Å². The van der Waals surface area contributed by atoms with Gasteiger partial charge >= 0.3 is 0 Å². The van der Waals surface area contributed by atoms with Crippen molar-refractivity contribution in [3.8, 4) is 0 Å². The molecule has 0 heterocycles. The van der Waals surface area contributed by atoms with E-state index in [9.17, 15) is 8.78 Å². The zero-order valence-electron chi connectivity index (χ0n) is 9.57. The van der Waals surface area contributed by atoms with Gasteiger partial charge in [0.05, 0.1) is 4.47 Å². The zero-order chi connectivity index (χ0) is 12.8. The van der Waals surface area contributed by atoms with Crippen molar-refractivity contribution in [3.05, 3.63) is 33.8 Å². The minimum absolute atomic E-state index is 0.0624. The molecule has 1 aromatic rings. The van der Waals surface area contributed by atoms with Gasteiger partial charge in [0.15, 0.2) is 0 Å². The van der Waals surface area contributed by atoms with Crippen molar-refractivity contribution in [2.24, 2.45) is 0 Å². The summed E-state index contributed by atoms with van der Waals surface area (Å²) in [5.41, 5.74) is 0.0624. The quantitative estimate of drug-likeness (QED) is 0.609. The van der Waals surface area contributed by atoms with Gasteiger partial charge in [0.25, 0.3) is 0 Å². The fourth-order valence-electron chi connectivity index (χ4n) is 1.56. The van der Waals surface area contributed by atoms with Gasteiger partial charge in [-0.15, -0.1) is 11.6 Å². The van der Waals surface area contributed by atoms with Crippen molar-refractivity contribution in [1.82, 2.24) is 5.32 Å². The van der Waals surface area contributed by atoms with Crippen LogP contribution in [0.5, 0.6) is 0 Å². The van der Waals surface area contributed by atoms with Crippen LogP contribution in [0.15, 0.2) is 16.6 Å². The molecule has 0 saturated carbocycles. The molecule has 96 valence electrons. The van der Waals surface area contributed by atoms with Gasteiger partial charge in [-0.3, -0.25) is 0 Å². The Bertz CT molecular complexity index is 374. The van der Waals surface area contributed by atoms with E-state index < -0.39 is 11.6 Å². The van der Waals surface area contributed by atoms with Crippen molar-refractivity contribution in [2.75, 3.05) is 5.88 Å². The van der Waals surface area contributed by atoms with E-state index in [1.807, 2.05) is 6.92 Å². The van der Waals surface area contributed by atoms with Gasteiger partial charge in [-0.1, -0.05) is 6.92 Å². The minimum Gasteiger partial charge on any atom is -0.310 e. The summed E-state index contributed by atoms with van der Waals surface area (Å²) in [5, 5.41) is 3.11. The summed E-state index contributed by atoms with van der Waals surface area (Å²) in [5.74, 6) is -0.535. The summed E-state index contributed by atoms with van der Waals surface area (Å²) in [7, 11) is 0. The van der Waals surface area contributed by atoms with E-state index in [1.54, 1.807) is 0 Å². The lowest BCUT2D eigenvalue weighted by Crippen LogP contribution is -2.29. The number of rotatable bonds is 6. The Morgan fingerprint density at radius 1 is 1.41 bits per heavy atom. The van der Waals surface area contributed by atoms with Crippen molar-refractivity contribution in [1.29, 1.82) is 0 Å². The molecule has 0 aromatic heterocycles. The first kappa shape index (κ1) is 14.9. The fourth-order valence-corrected chi connectivity index (χ4v) is 2.19. The summed E-state index contributed by atoms with van der Waals surface area (Å²) in [4.78, 5) is 0. The maximum Gasteiger partial charge on any atom is 0.144 e. The van der Waals surface area contributed by atoms with Gasteiger partial charge < -0.3 is 5.32 Å². The van der Waals surface area contributed by atoms with Gasteiger partial charge in [0, 0.05) is 24.0 Å². The second-order valence-electron chi connectivity index (χ2n) is 3.79. The highest BCUT2D eigenvalue weighted by Gasteiger charge is 2.13. The highest BCUT2D eigenvalue weighted by Crippen LogP contribution is 2.21.